The Kier molecular flexibility index (Phi) is 2.47. The van der Waals surface area contributed by atoms with Gasteiger partial charge in [0.2, 0.25) is 0 Å². The van der Waals surface area contributed by atoms with Crippen molar-refractivity contribution >= 4 is 5.97 Å². The molecular formula is C7H9NO4. The van der Waals surface area contributed by atoms with E-state index in [1.807, 2.05) is 0 Å². The summed E-state index contributed by atoms with van der Waals surface area (Å²) >= 11 is 0. The molecule has 0 bridgehead atoms. The Labute approximate surface area is 68.4 Å². The lowest BCUT2D eigenvalue weighted by Gasteiger charge is -2.13. The zero-order valence-corrected chi connectivity index (χ0v) is 6.27. The molecule has 1 aromatic heterocycles. The molecule has 0 amide bonds. The molecule has 0 spiro atoms. The van der Waals surface area contributed by atoms with Gasteiger partial charge in [-0.25, -0.2) is 0 Å². The van der Waals surface area contributed by atoms with Gasteiger partial charge in [0.25, 0.3) is 0 Å². The summed E-state index contributed by atoms with van der Waals surface area (Å²) in [7, 11) is 0. The van der Waals surface area contributed by atoms with Crippen LogP contribution in [0, 0.1) is 0 Å². The topological polar surface area (TPSA) is 101 Å². The molecule has 2 atom stereocenters. The van der Waals surface area contributed by atoms with E-state index in [-0.39, 0.29) is 5.76 Å². The highest BCUT2D eigenvalue weighted by molar-refractivity contribution is 5.70. The van der Waals surface area contributed by atoms with E-state index in [9.17, 15) is 15.0 Å². The molecule has 1 aromatic rings. The molecule has 0 saturated carbocycles. The first-order valence-corrected chi connectivity index (χ1v) is 3.38. The van der Waals surface area contributed by atoms with Gasteiger partial charge in [-0.15, -0.1) is 0 Å². The summed E-state index contributed by atoms with van der Waals surface area (Å²) in [5, 5.41) is 19.5. The quantitative estimate of drug-likeness (QED) is 0.532. The molecule has 5 nitrogen and oxygen atoms in total. The second-order valence-electron chi connectivity index (χ2n) is 2.39. The van der Waals surface area contributed by atoms with E-state index in [1.165, 1.54) is 12.3 Å². The zero-order chi connectivity index (χ0) is 9.14. The van der Waals surface area contributed by atoms with Crippen molar-refractivity contribution in [2.45, 2.75) is 12.1 Å². The largest absolute Gasteiger partial charge is 0.544 e. The number of rotatable bonds is 3. The van der Waals surface area contributed by atoms with Gasteiger partial charge in [0, 0.05) is 0 Å². The summed E-state index contributed by atoms with van der Waals surface area (Å²) in [6.07, 6.45) is 0.102. The fourth-order valence-electron chi connectivity index (χ4n) is 0.787. The van der Waals surface area contributed by atoms with Crippen LogP contribution in [0.3, 0.4) is 0 Å². The van der Waals surface area contributed by atoms with Gasteiger partial charge in [0.05, 0.1) is 6.26 Å². The average molecular weight is 171 g/mol. The minimum atomic E-state index is -1.40. The first kappa shape index (κ1) is 8.76. The monoisotopic (exact) mass is 171 g/mol. The van der Waals surface area contributed by atoms with Gasteiger partial charge in [-0.2, -0.15) is 0 Å². The van der Waals surface area contributed by atoms with Crippen LogP contribution in [0.2, 0.25) is 0 Å². The third-order valence-electron chi connectivity index (χ3n) is 1.52. The van der Waals surface area contributed by atoms with E-state index in [0.717, 1.165) is 0 Å². The van der Waals surface area contributed by atoms with Crippen LogP contribution in [-0.4, -0.2) is 17.1 Å². The number of hydrogen-bond donors (Lipinski definition) is 2. The molecule has 0 unspecified atom stereocenters. The van der Waals surface area contributed by atoms with Gasteiger partial charge in [0.1, 0.15) is 11.7 Å². The Bertz CT molecular complexity index is 256. The molecular weight excluding hydrogens is 162 g/mol. The van der Waals surface area contributed by atoms with Crippen LogP contribution in [0.5, 0.6) is 0 Å². The minimum absolute atomic E-state index is 0.180. The predicted molar refractivity (Wildman–Crippen MR) is 35.4 cm³/mol. The number of carboxylic acids is 1. The number of hydrogen-bond acceptors (Lipinski definition) is 4. The number of aliphatic carboxylic acids is 1. The lowest BCUT2D eigenvalue weighted by molar-refractivity contribution is -0.453. The van der Waals surface area contributed by atoms with E-state index in [4.69, 9.17) is 4.42 Å². The average Bonchev–Trinajstić information content (AvgIpc) is 2.53. The summed E-state index contributed by atoms with van der Waals surface area (Å²) < 4.78 is 4.79. The highest BCUT2D eigenvalue weighted by atomic mass is 16.4. The second-order valence-corrected chi connectivity index (χ2v) is 2.39. The second kappa shape index (κ2) is 3.38. The summed E-state index contributed by atoms with van der Waals surface area (Å²) in [5.41, 5.74) is 3.22. The van der Waals surface area contributed by atoms with Gasteiger partial charge < -0.3 is 25.2 Å². The van der Waals surface area contributed by atoms with E-state index >= 15 is 0 Å². The van der Waals surface area contributed by atoms with E-state index in [0.29, 0.717) is 0 Å². The third-order valence-corrected chi connectivity index (χ3v) is 1.52. The lowest BCUT2D eigenvalue weighted by Crippen LogP contribution is -2.70. The maximum Gasteiger partial charge on any atom is 0.169 e. The smallest absolute Gasteiger partial charge is 0.169 e. The Hall–Kier alpha value is -1.33. The molecule has 0 aliphatic carbocycles. The van der Waals surface area contributed by atoms with E-state index in [1.54, 1.807) is 6.07 Å². The number of aliphatic hydroxyl groups excluding tert-OH is 1. The maximum atomic E-state index is 10.3. The Morgan fingerprint density at radius 1 is 1.75 bits per heavy atom. The number of furan rings is 1. The maximum absolute atomic E-state index is 10.3. The first-order valence-electron chi connectivity index (χ1n) is 3.38. The summed E-state index contributed by atoms with van der Waals surface area (Å²) in [4.78, 5) is 10.3. The summed E-state index contributed by atoms with van der Waals surface area (Å²) in [5.74, 6) is -1.22. The molecule has 0 saturated heterocycles. The van der Waals surface area contributed by atoms with Crippen molar-refractivity contribution in [2.75, 3.05) is 0 Å². The molecule has 1 rings (SSSR count). The molecule has 66 valence electrons. The van der Waals surface area contributed by atoms with Crippen molar-refractivity contribution < 1.29 is 25.2 Å². The van der Waals surface area contributed by atoms with Crippen molar-refractivity contribution in [3.8, 4) is 0 Å². The van der Waals surface area contributed by atoms with Crippen LogP contribution in [0.1, 0.15) is 11.9 Å². The first-order chi connectivity index (χ1) is 5.63. The predicted octanol–water partition coefficient (Wildman–Crippen LogP) is -2.33. The minimum Gasteiger partial charge on any atom is -0.544 e. The molecule has 1 heterocycles. The highest BCUT2D eigenvalue weighted by Crippen LogP contribution is 2.14. The molecule has 12 heavy (non-hydrogen) atoms. The van der Waals surface area contributed by atoms with Crippen molar-refractivity contribution in [3.63, 3.8) is 0 Å². The molecule has 0 radical (unpaired) electrons. The molecule has 4 N–H and O–H groups in total. The molecule has 0 aromatic carbocycles. The molecule has 5 heteroatoms. The van der Waals surface area contributed by atoms with Gasteiger partial charge in [-0.1, -0.05) is 0 Å². The number of carboxylic acid groups (broad SMARTS) is 1. The van der Waals surface area contributed by atoms with Crippen molar-refractivity contribution in [2.24, 2.45) is 0 Å². The normalized spacial score (nSPS) is 15.5. The third kappa shape index (κ3) is 1.63. The highest BCUT2D eigenvalue weighted by Gasteiger charge is 2.23. The molecule has 0 aliphatic heterocycles. The fraction of sp³-hybridized carbons (Fsp3) is 0.286. The van der Waals surface area contributed by atoms with Crippen molar-refractivity contribution in [1.82, 2.24) is 0 Å². The summed E-state index contributed by atoms with van der Waals surface area (Å²) in [6, 6.07) is 1.82. The van der Waals surface area contributed by atoms with Crippen molar-refractivity contribution in [1.29, 1.82) is 0 Å². The van der Waals surface area contributed by atoms with Crippen molar-refractivity contribution in [3.05, 3.63) is 24.2 Å². The molecule has 0 fully saturated rings. The number of aliphatic hydroxyl groups is 1. The lowest BCUT2D eigenvalue weighted by atomic mass is 10.1. The summed E-state index contributed by atoms with van der Waals surface area (Å²) in [6.45, 7) is 0. The van der Waals surface area contributed by atoms with Gasteiger partial charge in [0.15, 0.2) is 12.1 Å². The number of carbonyl (C=O) groups is 1. The standard InChI is InChI=1S/C7H9NO4/c8-5(7(10)11)6(9)4-2-1-3-12-4/h1-3,5-6,9H,8H2,(H,10,11)/t5-,6-/m0/s1. The Morgan fingerprint density at radius 3 is 2.83 bits per heavy atom. The van der Waals surface area contributed by atoms with Crippen LogP contribution in [-0.2, 0) is 4.79 Å². The van der Waals surface area contributed by atoms with Crippen LogP contribution in [0.25, 0.3) is 0 Å². The van der Waals surface area contributed by atoms with E-state index < -0.39 is 18.1 Å². The Morgan fingerprint density at radius 2 is 2.42 bits per heavy atom. The fourth-order valence-corrected chi connectivity index (χ4v) is 0.787. The van der Waals surface area contributed by atoms with E-state index in [2.05, 4.69) is 5.73 Å². The van der Waals surface area contributed by atoms with Gasteiger partial charge in [-0.05, 0) is 12.1 Å². The van der Waals surface area contributed by atoms with Crippen LogP contribution >= 0.6 is 0 Å². The van der Waals surface area contributed by atoms with Crippen LogP contribution in [0.4, 0.5) is 0 Å². The number of quaternary nitrogens is 1. The van der Waals surface area contributed by atoms with Crippen LogP contribution in [0.15, 0.2) is 22.8 Å². The zero-order valence-electron chi connectivity index (χ0n) is 6.27. The SMILES string of the molecule is [NH3+][C@H](C(=O)[O-])[C@@H](O)c1ccco1. The van der Waals surface area contributed by atoms with Crippen LogP contribution < -0.4 is 10.8 Å². The van der Waals surface area contributed by atoms with Gasteiger partial charge in [-0.3, -0.25) is 0 Å². The van der Waals surface area contributed by atoms with Gasteiger partial charge >= 0.3 is 0 Å². The molecule has 0 aliphatic rings. The number of carbonyl (C=O) groups excluding carboxylic acids is 1. The Balaban J connectivity index is 2.71.